The van der Waals surface area contributed by atoms with Gasteiger partial charge >= 0.3 is 112 Å². The molecule has 0 aliphatic rings. The molecule has 0 bridgehead atoms. The van der Waals surface area contributed by atoms with E-state index in [-0.39, 0.29) is 0 Å². The molecule has 17 heavy (non-hydrogen) atoms. The Bertz CT molecular complexity index is 188. The summed E-state index contributed by atoms with van der Waals surface area (Å²) in [4.78, 5) is 0. The summed E-state index contributed by atoms with van der Waals surface area (Å²) < 4.78 is 43.5. The van der Waals surface area contributed by atoms with Crippen LogP contribution in [0, 0.1) is 39.2 Å². The Morgan fingerprint density at radius 1 is 0.824 bits per heavy atom. The Labute approximate surface area is 112 Å². The van der Waals surface area contributed by atoms with Gasteiger partial charge in [0.1, 0.15) is 0 Å². The molecule has 7 heteroatoms. The summed E-state index contributed by atoms with van der Waals surface area (Å²) in [6, 6.07) is 0. The summed E-state index contributed by atoms with van der Waals surface area (Å²) in [5.41, 5.74) is 0. The fourth-order valence-electron chi connectivity index (χ4n) is 0.236. The molecule has 0 aromatic heterocycles. The summed E-state index contributed by atoms with van der Waals surface area (Å²) in [5, 5.41) is 0. The van der Waals surface area contributed by atoms with Gasteiger partial charge in [-0.25, -0.2) is 0 Å². The van der Waals surface area contributed by atoms with Crippen molar-refractivity contribution in [2.24, 2.45) is 5.92 Å². The van der Waals surface area contributed by atoms with Gasteiger partial charge in [-0.1, -0.05) is 0 Å². The molecule has 0 amide bonds. The van der Waals surface area contributed by atoms with Gasteiger partial charge in [-0.3, -0.25) is 0 Å². The number of rotatable bonds is 2. The van der Waals surface area contributed by atoms with E-state index >= 15 is 0 Å². The van der Waals surface area contributed by atoms with E-state index in [2.05, 4.69) is 47.1 Å². The van der Waals surface area contributed by atoms with Crippen LogP contribution in [0.15, 0.2) is 0 Å². The molecule has 0 aliphatic carbocycles. The normalized spacial score (nSPS) is 4.59. The van der Waals surface area contributed by atoms with Crippen molar-refractivity contribution in [2.45, 2.75) is 13.8 Å². The maximum absolute atomic E-state index is 7.50. The number of hydrogen-bond acceptors (Lipinski definition) is 1. The van der Waals surface area contributed by atoms with Crippen molar-refractivity contribution in [3.63, 3.8) is 0 Å². The predicted octanol–water partition coefficient (Wildman–Crippen LogP) is 0.778. The number of methoxy groups -OCH3 is 1. The molecule has 0 aromatic rings. The van der Waals surface area contributed by atoms with E-state index in [1.165, 1.54) is 0 Å². The van der Waals surface area contributed by atoms with Crippen LogP contribution in [-0.2, 0) is 47.4 Å². The molecular weight excluding hydrogens is 312 g/mol. The van der Waals surface area contributed by atoms with Crippen LogP contribution in [0.2, 0.25) is 0 Å². The summed E-state index contributed by atoms with van der Waals surface area (Å²) in [6.45, 7) is 26.7. The zero-order valence-electron chi connectivity index (χ0n) is 9.44. The molecule has 0 aliphatic heterocycles. The molecular formula is C10H10MoO6. The zero-order valence-corrected chi connectivity index (χ0v) is 11.4. The Kier molecular flexibility index (Phi) is 168. The number of ether oxygens (including phenoxy) is 1. The Morgan fingerprint density at radius 2 is 1.00 bits per heavy atom. The molecule has 0 atom stereocenters. The van der Waals surface area contributed by atoms with E-state index in [4.69, 9.17) is 28.0 Å². The van der Waals surface area contributed by atoms with Gasteiger partial charge in [0.25, 0.3) is 0 Å². The van der Waals surface area contributed by atoms with Crippen LogP contribution in [0.25, 0.3) is 0 Å². The molecule has 0 radical (unpaired) electrons. The average molecular weight is 322 g/mol. The van der Waals surface area contributed by atoms with Crippen molar-refractivity contribution >= 4 is 4.08 Å². The van der Waals surface area contributed by atoms with Crippen molar-refractivity contribution in [2.75, 3.05) is 7.11 Å². The van der Waals surface area contributed by atoms with Gasteiger partial charge in [-0.05, 0) is 0 Å². The molecule has 0 spiro atoms. The van der Waals surface area contributed by atoms with Crippen LogP contribution in [0.3, 0.4) is 0 Å². The molecule has 0 saturated heterocycles. The topological polar surface area (TPSA) is 109 Å². The van der Waals surface area contributed by atoms with Crippen LogP contribution >= 0.6 is 0 Å². The van der Waals surface area contributed by atoms with E-state index in [0.29, 0.717) is 5.92 Å². The van der Waals surface area contributed by atoms with Crippen LogP contribution < -0.4 is 0 Å². The van der Waals surface area contributed by atoms with Gasteiger partial charge < -0.3 is 0 Å². The second-order valence-electron chi connectivity index (χ2n) is 1.68. The first-order chi connectivity index (χ1) is 8.18. The van der Waals surface area contributed by atoms with Crippen LogP contribution in [-0.4, -0.2) is 11.2 Å². The van der Waals surface area contributed by atoms with Gasteiger partial charge in [0, 0.05) is 0 Å². The first kappa shape index (κ1) is 36.0. The van der Waals surface area contributed by atoms with Crippen LogP contribution in [0.1, 0.15) is 13.8 Å². The van der Waals surface area contributed by atoms with E-state index in [1.54, 1.807) is 7.11 Å². The van der Waals surface area contributed by atoms with Crippen molar-refractivity contribution in [1.82, 2.24) is 0 Å². The van der Waals surface area contributed by atoms with Gasteiger partial charge in [0.05, 0.1) is 0 Å². The van der Waals surface area contributed by atoms with Crippen LogP contribution in [0.4, 0.5) is 0 Å². The second-order valence-corrected chi connectivity index (χ2v) is 2.67. The first-order valence-corrected chi connectivity index (χ1v) is 4.28. The van der Waals surface area contributed by atoms with Gasteiger partial charge in [-0.2, -0.15) is 0 Å². The van der Waals surface area contributed by atoms with Gasteiger partial charge in [0.15, 0.2) is 0 Å². The van der Waals surface area contributed by atoms with E-state index in [1.807, 2.05) is 19.4 Å². The standard InChI is InChI=1S/C5H10O.5CO.Mo/c1-5(2)4-6-3;5*1-2;/h5H,1-3H3;;;;;;. The second kappa shape index (κ2) is 79.6. The van der Waals surface area contributed by atoms with E-state index in [9.17, 15) is 0 Å². The molecule has 92 valence electrons. The van der Waals surface area contributed by atoms with E-state index < -0.39 is 0 Å². The molecule has 0 heterocycles. The third-order valence-electron chi connectivity index (χ3n) is 0.673. The SMILES string of the molecule is CO[C](=[Mo])C(C)C.[C-]#[O+].[C-]#[O+].[C-]#[O+].[C-]#[O+].[C-]#[O+]. The summed E-state index contributed by atoms with van der Waals surface area (Å²) >= 11 is 1.92. The summed E-state index contributed by atoms with van der Waals surface area (Å²) in [7, 11) is 1.71. The average Bonchev–Trinajstić information content (AvgIpc) is 2.48. The van der Waals surface area contributed by atoms with Crippen molar-refractivity contribution in [1.29, 1.82) is 0 Å². The van der Waals surface area contributed by atoms with Crippen molar-refractivity contribution in [3.8, 4) is 0 Å². The number of hydrogen-bond donors (Lipinski definition) is 0. The van der Waals surface area contributed by atoms with Crippen LogP contribution in [0.5, 0.6) is 0 Å². The van der Waals surface area contributed by atoms with Crippen molar-refractivity contribution in [3.05, 3.63) is 33.3 Å². The quantitative estimate of drug-likeness (QED) is 0.418. The summed E-state index contributed by atoms with van der Waals surface area (Å²) in [6.07, 6.45) is 0. The van der Waals surface area contributed by atoms with E-state index in [0.717, 1.165) is 4.08 Å². The Balaban J connectivity index is -0.0000000257. The molecule has 6 nitrogen and oxygen atoms in total. The third kappa shape index (κ3) is 97.6. The summed E-state index contributed by atoms with van der Waals surface area (Å²) in [5.74, 6) is 0.565. The third-order valence-corrected chi connectivity index (χ3v) is 2.24. The zero-order chi connectivity index (χ0) is 15.9. The molecule has 0 saturated carbocycles. The first-order valence-electron chi connectivity index (χ1n) is 3.28. The molecule has 0 unspecified atom stereocenters. The Hall–Kier alpha value is -0.782. The molecule has 0 aromatic carbocycles. The molecule has 0 fully saturated rings. The predicted molar refractivity (Wildman–Crippen MR) is 46.5 cm³/mol. The van der Waals surface area contributed by atoms with Gasteiger partial charge in [0.2, 0.25) is 0 Å². The monoisotopic (exact) mass is 324 g/mol. The minimum atomic E-state index is 0.565. The minimum absolute atomic E-state index is 0.565. The fourth-order valence-corrected chi connectivity index (χ4v) is 0.236. The Morgan fingerprint density at radius 3 is 1.00 bits per heavy atom. The molecule has 0 N–H and O–H groups in total. The fraction of sp³-hybridized carbons (Fsp3) is 0.400. The molecule has 0 rings (SSSR count). The van der Waals surface area contributed by atoms with Crippen molar-refractivity contribution < 1.29 is 47.4 Å². The van der Waals surface area contributed by atoms with Gasteiger partial charge in [-0.15, -0.1) is 0 Å². The maximum atomic E-state index is 7.50.